The van der Waals surface area contributed by atoms with Crippen LogP contribution in [0.1, 0.15) is 27.6 Å². The fourth-order valence-corrected chi connectivity index (χ4v) is 2.61. The third-order valence-corrected chi connectivity index (χ3v) is 3.71. The van der Waals surface area contributed by atoms with E-state index in [0.29, 0.717) is 17.0 Å². The van der Waals surface area contributed by atoms with Crippen LogP contribution in [-0.2, 0) is 11.8 Å². The van der Waals surface area contributed by atoms with Gasteiger partial charge in [0.25, 0.3) is 0 Å². The Morgan fingerprint density at radius 1 is 1.18 bits per heavy atom. The first-order valence-corrected chi connectivity index (χ1v) is 6.88. The first-order valence-electron chi connectivity index (χ1n) is 6.88. The van der Waals surface area contributed by atoms with Crippen LogP contribution >= 0.6 is 0 Å². The van der Waals surface area contributed by atoms with Crippen LogP contribution in [0, 0.1) is 20.8 Å². The van der Waals surface area contributed by atoms with Crippen LogP contribution in [0.3, 0.4) is 0 Å². The standard InChI is InChI=1S/C15H17N5O2/c1-8-6-13-16-11(14-9(2)18-19(4)10(14)3)7-12(15(21)22-5)20(13)17-8/h6-7H,1-5H3. The second kappa shape index (κ2) is 4.94. The monoisotopic (exact) mass is 299 g/mol. The van der Waals surface area contributed by atoms with Gasteiger partial charge in [-0.3, -0.25) is 4.68 Å². The minimum absolute atomic E-state index is 0.346. The highest BCUT2D eigenvalue weighted by Gasteiger charge is 2.19. The molecule has 0 atom stereocenters. The van der Waals surface area contributed by atoms with E-state index >= 15 is 0 Å². The highest BCUT2D eigenvalue weighted by Crippen LogP contribution is 2.26. The Kier molecular flexibility index (Phi) is 3.20. The summed E-state index contributed by atoms with van der Waals surface area (Å²) in [5.41, 5.74) is 5.21. The molecule has 0 spiro atoms. The quantitative estimate of drug-likeness (QED) is 0.675. The van der Waals surface area contributed by atoms with E-state index in [4.69, 9.17) is 4.74 Å². The molecule has 3 aromatic rings. The van der Waals surface area contributed by atoms with Crippen LogP contribution in [0.5, 0.6) is 0 Å². The molecule has 0 aliphatic heterocycles. The SMILES string of the molecule is COC(=O)c1cc(-c2c(C)nn(C)c2C)nc2cc(C)nn12. The molecule has 114 valence electrons. The second-order valence-electron chi connectivity index (χ2n) is 5.24. The maximum atomic E-state index is 12.1. The Balaban J connectivity index is 2.33. The predicted molar refractivity (Wildman–Crippen MR) is 80.7 cm³/mol. The van der Waals surface area contributed by atoms with Crippen molar-refractivity contribution in [2.24, 2.45) is 7.05 Å². The van der Waals surface area contributed by atoms with E-state index < -0.39 is 5.97 Å². The summed E-state index contributed by atoms with van der Waals surface area (Å²) in [6.07, 6.45) is 0. The van der Waals surface area contributed by atoms with Crippen molar-refractivity contribution in [1.29, 1.82) is 0 Å². The second-order valence-corrected chi connectivity index (χ2v) is 5.24. The number of aryl methyl sites for hydroxylation is 3. The third kappa shape index (κ3) is 2.05. The lowest BCUT2D eigenvalue weighted by Crippen LogP contribution is -2.11. The number of esters is 1. The zero-order valence-corrected chi connectivity index (χ0v) is 13.2. The van der Waals surface area contributed by atoms with Crippen molar-refractivity contribution in [3.63, 3.8) is 0 Å². The van der Waals surface area contributed by atoms with E-state index in [-0.39, 0.29) is 0 Å². The molecule has 0 aliphatic carbocycles. The molecule has 7 nitrogen and oxygen atoms in total. The highest BCUT2D eigenvalue weighted by molar-refractivity contribution is 5.89. The smallest absolute Gasteiger partial charge is 0.356 e. The number of aromatic nitrogens is 5. The van der Waals surface area contributed by atoms with Crippen molar-refractivity contribution in [1.82, 2.24) is 24.4 Å². The maximum Gasteiger partial charge on any atom is 0.356 e. The summed E-state index contributed by atoms with van der Waals surface area (Å²) in [7, 11) is 3.24. The van der Waals surface area contributed by atoms with Gasteiger partial charge in [0.15, 0.2) is 11.3 Å². The molecule has 0 amide bonds. The van der Waals surface area contributed by atoms with Crippen molar-refractivity contribution in [2.75, 3.05) is 7.11 Å². The van der Waals surface area contributed by atoms with Gasteiger partial charge in [0.1, 0.15) is 0 Å². The fourth-order valence-electron chi connectivity index (χ4n) is 2.61. The van der Waals surface area contributed by atoms with E-state index in [2.05, 4.69) is 15.2 Å². The molecule has 22 heavy (non-hydrogen) atoms. The lowest BCUT2D eigenvalue weighted by molar-refractivity contribution is 0.0590. The molecule has 0 unspecified atom stereocenters. The lowest BCUT2D eigenvalue weighted by Gasteiger charge is -2.07. The molecule has 0 N–H and O–H groups in total. The number of hydrogen-bond donors (Lipinski definition) is 0. The number of hydrogen-bond acceptors (Lipinski definition) is 5. The van der Waals surface area contributed by atoms with Gasteiger partial charge in [-0.15, -0.1) is 0 Å². The molecule has 7 heteroatoms. The first kappa shape index (κ1) is 14.2. The van der Waals surface area contributed by atoms with E-state index in [9.17, 15) is 4.79 Å². The number of fused-ring (bicyclic) bond motifs is 1. The average Bonchev–Trinajstić information content (AvgIpc) is 2.96. The normalized spacial score (nSPS) is 11.1. The summed E-state index contributed by atoms with van der Waals surface area (Å²) in [6.45, 7) is 5.75. The zero-order valence-electron chi connectivity index (χ0n) is 13.2. The van der Waals surface area contributed by atoms with Crippen LogP contribution in [0.4, 0.5) is 0 Å². The third-order valence-electron chi connectivity index (χ3n) is 3.71. The molecular weight excluding hydrogens is 282 g/mol. The number of ether oxygens (including phenoxy) is 1. The van der Waals surface area contributed by atoms with Crippen molar-refractivity contribution < 1.29 is 9.53 Å². The van der Waals surface area contributed by atoms with Gasteiger partial charge in [0, 0.05) is 24.4 Å². The number of carbonyl (C=O) groups is 1. The summed E-state index contributed by atoms with van der Waals surface area (Å²) in [6, 6.07) is 3.53. The highest BCUT2D eigenvalue weighted by atomic mass is 16.5. The van der Waals surface area contributed by atoms with E-state index in [1.54, 1.807) is 10.7 Å². The van der Waals surface area contributed by atoms with Crippen molar-refractivity contribution in [3.05, 3.63) is 34.9 Å². The summed E-state index contributed by atoms with van der Waals surface area (Å²) in [4.78, 5) is 16.7. The fraction of sp³-hybridized carbons (Fsp3) is 0.333. The summed E-state index contributed by atoms with van der Waals surface area (Å²) in [5, 5.41) is 8.70. The largest absolute Gasteiger partial charge is 0.464 e. The Hall–Kier alpha value is -2.70. The van der Waals surface area contributed by atoms with Crippen LogP contribution in [0.15, 0.2) is 12.1 Å². The topological polar surface area (TPSA) is 74.3 Å². The number of nitrogens with zero attached hydrogens (tertiary/aromatic N) is 5. The van der Waals surface area contributed by atoms with Gasteiger partial charge in [-0.1, -0.05) is 0 Å². The van der Waals surface area contributed by atoms with Gasteiger partial charge in [0.2, 0.25) is 0 Å². The Morgan fingerprint density at radius 3 is 2.50 bits per heavy atom. The molecule has 0 radical (unpaired) electrons. The molecule has 0 bridgehead atoms. The molecule has 3 rings (SSSR count). The maximum absolute atomic E-state index is 12.1. The zero-order chi connectivity index (χ0) is 16.0. The average molecular weight is 299 g/mol. The molecule has 0 fully saturated rings. The van der Waals surface area contributed by atoms with Gasteiger partial charge >= 0.3 is 5.97 Å². The van der Waals surface area contributed by atoms with Crippen LogP contribution < -0.4 is 0 Å². The van der Waals surface area contributed by atoms with Crippen LogP contribution in [0.2, 0.25) is 0 Å². The molecule has 0 saturated carbocycles. The van der Waals surface area contributed by atoms with Gasteiger partial charge < -0.3 is 4.74 Å². The molecule has 0 aromatic carbocycles. The van der Waals surface area contributed by atoms with E-state index in [1.165, 1.54) is 11.6 Å². The number of rotatable bonds is 2. The van der Waals surface area contributed by atoms with Crippen LogP contribution in [0.25, 0.3) is 16.9 Å². The summed E-state index contributed by atoms with van der Waals surface area (Å²) < 4.78 is 8.17. The Bertz CT molecular complexity index is 891. The van der Waals surface area contributed by atoms with Gasteiger partial charge in [0.05, 0.1) is 24.2 Å². The number of methoxy groups -OCH3 is 1. The van der Waals surface area contributed by atoms with Crippen molar-refractivity contribution >= 4 is 11.6 Å². The molecule has 0 aliphatic rings. The lowest BCUT2D eigenvalue weighted by atomic mass is 10.1. The molecular formula is C15H17N5O2. The van der Waals surface area contributed by atoms with E-state index in [1.807, 2.05) is 33.9 Å². The van der Waals surface area contributed by atoms with Crippen molar-refractivity contribution in [2.45, 2.75) is 20.8 Å². The minimum atomic E-state index is -0.448. The Morgan fingerprint density at radius 2 is 1.91 bits per heavy atom. The molecule has 0 saturated heterocycles. The first-order chi connectivity index (χ1) is 10.4. The predicted octanol–water partition coefficient (Wildman–Crippen LogP) is 1.84. The summed E-state index contributed by atoms with van der Waals surface area (Å²) >= 11 is 0. The number of carbonyl (C=O) groups excluding carboxylic acids is 1. The van der Waals surface area contributed by atoms with Gasteiger partial charge in [-0.25, -0.2) is 14.3 Å². The van der Waals surface area contributed by atoms with Gasteiger partial charge in [-0.05, 0) is 26.8 Å². The van der Waals surface area contributed by atoms with E-state index in [0.717, 1.165) is 22.6 Å². The summed E-state index contributed by atoms with van der Waals surface area (Å²) in [5.74, 6) is -0.448. The van der Waals surface area contributed by atoms with Crippen molar-refractivity contribution in [3.8, 4) is 11.3 Å². The molecule has 3 heterocycles. The Labute approximate surface area is 127 Å². The van der Waals surface area contributed by atoms with Crippen LogP contribution in [-0.4, -0.2) is 37.5 Å². The van der Waals surface area contributed by atoms with Gasteiger partial charge in [-0.2, -0.15) is 10.2 Å². The minimum Gasteiger partial charge on any atom is -0.464 e. The molecule has 3 aromatic heterocycles.